The first kappa shape index (κ1) is 19.0. The fraction of sp³-hybridized carbons (Fsp3) is 0.400. The first-order valence-corrected chi connectivity index (χ1v) is 9.03. The molecule has 0 unspecified atom stereocenters. The highest BCUT2D eigenvalue weighted by Gasteiger charge is 2.35. The monoisotopic (exact) mass is 372 g/mol. The molecule has 0 bridgehead atoms. The zero-order chi connectivity index (χ0) is 19.6. The van der Waals surface area contributed by atoms with Gasteiger partial charge in [-0.25, -0.2) is 0 Å². The Morgan fingerprint density at radius 1 is 1.33 bits per heavy atom. The van der Waals surface area contributed by atoms with Crippen LogP contribution in [0.25, 0.3) is 0 Å². The number of aliphatic hydroxyl groups excluding tert-OH is 1. The number of nitrogens with one attached hydrogen (secondary N) is 1. The summed E-state index contributed by atoms with van der Waals surface area (Å²) in [5.41, 5.74) is 1.01. The summed E-state index contributed by atoms with van der Waals surface area (Å²) < 4.78 is 11.0. The van der Waals surface area contributed by atoms with Crippen molar-refractivity contribution in [3.05, 3.63) is 47.9 Å². The van der Waals surface area contributed by atoms with Gasteiger partial charge in [0.1, 0.15) is 24.2 Å². The van der Waals surface area contributed by atoms with Gasteiger partial charge in [-0.15, -0.1) is 0 Å². The van der Waals surface area contributed by atoms with E-state index in [0.29, 0.717) is 29.2 Å². The molecule has 2 atom stereocenters. The molecule has 1 aliphatic heterocycles. The van der Waals surface area contributed by atoms with Crippen LogP contribution >= 0.6 is 0 Å². The molecule has 144 valence electrons. The van der Waals surface area contributed by atoms with Crippen LogP contribution in [0, 0.1) is 0 Å². The Hall–Kier alpha value is -2.80. The second kappa shape index (κ2) is 7.84. The van der Waals surface area contributed by atoms with Crippen molar-refractivity contribution in [3.63, 3.8) is 0 Å². The number of hydrogen-bond donors (Lipinski definition) is 2. The number of amides is 2. The first-order valence-electron chi connectivity index (χ1n) is 9.03. The van der Waals surface area contributed by atoms with Gasteiger partial charge in [-0.05, 0) is 50.1 Å². The fourth-order valence-electron chi connectivity index (χ4n) is 3.05. The maximum atomic E-state index is 12.8. The molecule has 1 aromatic heterocycles. The molecule has 0 saturated heterocycles. The Balaban J connectivity index is 1.95. The van der Waals surface area contributed by atoms with E-state index in [0.717, 1.165) is 0 Å². The largest absolute Gasteiger partial charge is 0.478 e. The lowest BCUT2D eigenvalue weighted by Crippen LogP contribution is -2.50. The van der Waals surface area contributed by atoms with E-state index in [1.165, 1.54) is 11.2 Å². The molecule has 0 saturated carbocycles. The Morgan fingerprint density at radius 3 is 2.74 bits per heavy atom. The summed E-state index contributed by atoms with van der Waals surface area (Å²) in [4.78, 5) is 26.5. The number of furan rings is 1. The van der Waals surface area contributed by atoms with Crippen LogP contribution in [-0.2, 0) is 9.59 Å². The van der Waals surface area contributed by atoms with E-state index in [9.17, 15) is 14.7 Å². The molecule has 0 spiro atoms. The SMILES string of the molecule is CC[C@@H]1Oc2ccc([C@H](O)c3ccco3)cc2N(CC(=O)NC(C)C)C1=O. The molecule has 0 radical (unpaired) electrons. The third-order valence-corrected chi connectivity index (χ3v) is 4.34. The topological polar surface area (TPSA) is 92.0 Å². The molecule has 27 heavy (non-hydrogen) atoms. The molecule has 1 aliphatic rings. The van der Waals surface area contributed by atoms with E-state index >= 15 is 0 Å². The van der Waals surface area contributed by atoms with Gasteiger partial charge in [-0.1, -0.05) is 13.0 Å². The van der Waals surface area contributed by atoms with E-state index in [1.807, 2.05) is 20.8 Å². The molecule has 0 fully saturated rings. The average Bonchev–Trinajstić information content (AvgIpc) is 3.17. The lowest BCUT2D eigenvalue weighted by atomic mass is 10.0. The highest BCUT2D eigenvalue weighted by atomic mass is 16.5. The van der Waals surface area contributed by atoms with Crippen LogP contribution < -0.4 is 15.0 Å². The maximum Gasteiger partial charge on any atom is 0.268 e. The third kappa shape index (κ3) is 3.98. The summed E-state index contributed by atoms with van der Waals surface area (Å²) in [5.74, 6) is 0.384. The van der Waals surface area contributed by atoms with E-state index in [4.69, 9.17) is 9.15 Å². The van der Waals surface area contributed by atoms with E-state index in [1.54, 1.807) is 30.3 Å². The van der Waals surface area contributed by atoms with Crippen molar-refractivity contribution >= 4 is 17.5 Å². The zero-order valence-corrected chi connectivity index (χ0v) is 15.6. The summed E-state index contributed by atoms with van der Waals surface area (Å²) in [7, 11) is 0. The van der Waals surface area contributed by atoms with Crippen molar-refractivity contribution in [1.29, 1.82) is 0 Å². The lowest BCUT2D eigenvalue weighted by Gasteiger charge is -2.34. The van der Waals surface area contributed by atoms with Gasteiger partial charge in [0.25, 0.3) is 5.91 Å². The van der Waals surface area contributed by atoms with Crippen LogP contribution in [0.15, 0.2) is 41.0 Å². The number of benzene rings is 1. The Kier molecular flexibility index (Phi) is 5.51. The highest BCUT2D eigenvalue weighted by Crippen LogP contribution is 2.37. The maximum absolute atomic E-state index is 12.8. The molecule has 2 heterocycles. The summed E-state index contributed by atoms with van der Waals surface area (Å²) in [6.07, 6.45) is 0.371. The van der Waals surface area contributed by atoms with Crippen molar-refractivity contribution in [1.82, 2.24) is 5.32 Å². The number of hydrogen-bond acceptors (Lipinski definition) is 5. The summed E-state index contributed by atoms with van der Waals surface area (Å²) in [5, 5.41) is 13.3. The quantitative estimate of drug-likeness (QED) is 0.812. The van der Waals surface area contributed by atoms with Crippen molar-refractivity contribution in [2.45, 2.75) is 45.4 Å². The van der Waals surface area contributed by atoms with Gasteiger partial charge >= 0.3 is 0 Å². The number of rotatable bonds is 6. The first-order chi connectivity index (χ1) is 12.9. The Bertz CT molecular complexity index is 816. The minimum Gasteiger partial charge on any atom is -0.478 e. The van der Waals surface area contributed by atoms with E-state index < -0.39 is 12.2 Å². The minimum absolute atomic E-state index is 0.0257. The molecule has 3 rings (SSSR count). The van der Waals surface area contributed by atoms with Crippen LogP contribution in [0.3, 0.4) is 0 Å². The van der Waals surface area contributed by atoms with Crippen LogP contribution in [0.1, 0.15) is 44.6 Å². The van der Waals surface area contributed by atoms with Crippen LogP contribution in [0.4, 0.5) is 5.69 Å². The number of carbonyl (C=O) groups excluding carboxylic acids is 2. The van der Waals surface area contributed by atoms with Gasteiger partial charge in [0, 0.05) is 6.04 Å². The molecular formula is C20H24N2O5. The predicted molar refractivity (Wildman–Crippen MR) is 99.6 cm³/mol. The molecule has 1 aromatic carbocycles. The number of ether oxygens (including phenoxy) is 1. The van der Waals surface area contributed by atoms with Crippen LogP contribution in [0.5, 0.6) is 5.75 Å². The molecule has 2 amide bonds. The van der Waals surface area contributed by atoms with Gasteiger partial charge in [-0.3, -0.25) is 14.5 Å². The van der Waals surface area contributed by atoms with E-state index in [-0.39, 0.29) is 24.4 Å². The number of aliphatic hydroxyl groups is 1. The lowest BCUT2D eigenvalue weighted by molar-refractivity contribution is -0.129. The third-order valence-electron chi connectivity index (χ3n) is 4.34. The van der Waals surface area contributed by atoms with Crippen molar-refractivity contribution in [2.24, 2.45) is 0 Å². The van der Waals surface area contributed by atoms with Gasteiger partial charge < -0.3 is 19.6 Å². The molecule has 7 nitrogen and oxygen atoms in total. The normalized spacial score (nSPS) is 17.4. The standard InChI is InChI=1S/C20H24N2O5/c1-4-15-20(25)22(11-18(23)21-12(2)3)14-10-13(7-8-16(14)27-15)19(24)17-6-5-9-26-17/h5-10,12,15,19,24H,4,11H2,1-3H3,(H,21,23)/t15-,19-/m0/s1. The van der Waals surface area contributed by atoms with Gasteiger partial charge in [0.05, 0.1) is 12.0 Å². The molecule has 2 N–H and O–H groups in total. The number of nitrogens with zero attached hydrogens (tertiary/aromatic N) is 1. The van der Waals surface area contributed by atoms with Crippen molar-refractivity contribution in [3.8, 4) is 5.75 Å². The summed E-state index contributed by atoms with van der Waals surface area (Å²) >= 11 is 0. The van der Waals surface area contributed by atoms with Gasteiger partial charge in [-0.2, -0.15) is 0 Å². The minimum atomic E-state index is -0.976. The van der Waals surface area contributed by atoms with Crippen molar-refractivity contribution < 1.29 is 23.8 Å². The van der Waals surface area contributed by atoms with Gasteiger partial charge in [0.15, 0.2) is 6.10 Å². The van der Waals surface area contributed by atoms with E-state index in [2.05, 4.69) is 5.32 Å². The highest BCUT2D eigenvalue weighted by molar-refractivity contribution is 6.04. The number of anilines is 1. The van der Waals surface area contributed by atoms with Crippen molar-refractivity contribution in [2.75, 3.05) is 11.4 Å². The van der Waals surface area contributed by atoms with Gasteiger partial charge in [0.2, 0.25) is 5.91 Å². The zero-order valence-electron chi connectivity index (χ0n) is 15.6. The Labute approximate surface area is 157 Å². The Morgan fingerprint density at radius 2 is 2.11 bits per heavy atom. The smallest absolute Gasteiger partial charge is 0.268 e. The van der Waals surface area contributed by atoms with Crippen LogP contribution in [0.2, 0.25) is 0 Å². The second-order valence-corrected chi connectivity index (χ2v) is 6.81. The average molecular weight is 372 g/mol. The second-order valence-electron chi connectivity index (χ2n) is 6.81. The molecule has 0 aliphatic carbocycles. The summed E-state index contributed by atoms with van der Waals surface area (Å²) in [6, 6.07) is 8.43. The fourth-order valence-corrected chi connectivity index (χ4v) is 3.05. The summed E-state index contributed by atoms with van der Waals surface area (Å²) in [6.45, 7) is 5.47. The molecular weight excluding hydrogens is 348 g/mol. The van der Waals surface area contributed by atoms with Crippen LogP contribution in [-0.4, -0.2) is 35.6 Å². The molecule has 2 aromatic rings. The number of carbonyl (C=O) groups is 2. The number of fused-ring (bicyclic) bond motifs is 1. The molecule has 7 heteroatoms. The predicted octanol–water partition coefficient (Wildman–Crippen LogP) is 2.39.